The quantitative estimate of drug-likeness (QED) is 0.410. The summed E-state index contributed by atoms with van der Waals surface area (Å²) in [6.07, 6.45) is -0.273. The number of ether oxygens (including phenoxy) is 1. The molecule has 148 valence electrons. The number of amides is 2. The highest BCUT2D eigenvalue weighted by Crippen LogP contribution is 2.37. The summed E-state index contributed by atoms with van der Waals surface area (Å²) in [5.41, 5.74) is -0.861. The number of carbonyl (C=O) groups excluding carboxylic acids is 3. The molecule has 29 heavy (non-hydrogen) atoms. The third-order valence-electron chi connectivity index (χ3n) is 4.72. The van der Waals surface area contributed by atoms with E-state index in [1.165, 1.54) is 18.9 Å². The first-order valence-corrected chi connectivity index (χ1v) is 9.48. The maximum Gasteiger partial charge on any atom is 0.272 e. The highest BCUT2D eigenvalue weighted by molar-refractivity contribution is 9.10. The first-order chi connectivity index (χ1) is 13.8. The minimum atomic E-state index is -1.48. The fourth-order valence-corrected chi connectivity index (χ4v) is 3.52. The Labute approximate surface area is 176 Å². The lowest BCUT2D eigenvalue weighted by molar-refractivity contribution is -0.124. The molecule has 3 rings (SSSR count). The van der Waals surface area contributed by atoms with E-state index in [1.54, 1.807) is 48.5 Å². The van der Waals surface area contributed by atoms with Crippen molar-refractivity contribution in [2.75, 3.05) is 17.3 Å². The van der Waals surface area contributed by atoms with Gasteiger partial charge >= 0.3 is 0 Å². The van der Waals surface area contributed by atoms with E-state index in [9.17, 15) is 14.4 Å². The summed E-state index contributed by atoms with van der Waals surface area (Å²) in [4.78, 5) is 39.6. The van der Waals surface area contributed by atoms with Crippen LogP contribution in [-0.4, -0.2) is 36.1 Å². The number of nitrogens with one attached hydrogen (secondary N) is 2. The van der Waals surface area contributed by atoms with Crippen LogP contribution in [0.5, 0.6) is 5.75 Å². The van der Waals surface area contributed by atoms with E-state index in [2.05, 4.69) is 21.2 Å². The van der Waals surface area contributed by atoms with E-state index in [0.717, 1.165) is 4.47 Å². The van der Waals surface area contributed by atoms with Crippen molar-refractivity contribution in [3.8, 4) is 5.75 Å². The smallest absolute Gasteiger partial charge is 0.272 e. The molecule has 0 bridgehead atoms. The molecule has 1 aliphatic rings. The molecule has 2 N–H and O–H groups in total. The lowest BCUT2D eigenvalue weighted by atomic mass is 9.91. The molecule has 1 fully saturated rings. The van der Waals surface area contributed by atoms with E-state index in [-0.39, 0.29) is 12.0 Å². The number of hydrogen-bond acceptors (Lipinski definition) is 5. The normalized spacial score (nSPS) is 18.6. The van der Waals surface area contributed by atoms with Crippen molar-refractivity contribution in [3.63, 3.8) is 0 Å². The largest absolute Gasteiger partial charge is 0.497 e. The Balaban J connectivity index is 1.93. The predicted octanol–water partition coefficient (Wildman–Crippen LogP) is 3.34. The summed E-state index contributed by atoms with van der Waals surface area (Å²) >= 11 is 3.33. The molecule has 2 aromatic carbocycles. The fraction of sp³-hybridized carbons (Fsp3) is 0.190. The van der Waals surface area contributed by atoms with Gasteiger partial charge in [0.05, 0.1) is 13.5 Å². The molecule has 0 aliphatic carbocycles. The van der Waals surface area contributed by atoms with Crippen LogP contribution in [0.3, 0.4) is 0 Å². The monoisotopic (exact) mass is 455 g/mol. The lowest BCUT2D eigenvalue weighted by Gasteiger charge is -2.32. The summed E-state index contributed by atoms with van der Waals surface area (Å²) < 4.78 is 5.99. The molecule has 2 amide bonds. The molecular formula is C21H18BrN3O4. The zero-order valence-corrected chi connectivity index (χ0v) is 17.4. The number of anilines is 2. The molecule has 7 nitrogen and oxygen atoms in total. The van der Waals surface area contributed by atoms with Crippen LogP contribution in [0, 0.1) is 5.41 Å². The third kappa shape index (κ3) is 3.85. The molecule has 8 heteroatoms. The summed E-state index contributed by atoms with van der Waals surface area (Å²) in [6, 6.07) is 13.6. The number of methoxy groups -OCH3 is 1. The number of halogens is 1. The van der Waals surface area contributed by atoms with Crippen molar-refractivity contribution < 1.29 is 19.1 Å². The average Bonchev–Trinajstić information content (AvgIpc) is 2.88. The minimum absolute atomic E-state index is 0.273. The standard InChI is InChI=1S/C21H18BrN3O4/c1-21(11-18(26)24-14-5-3-13(22)4-6-14)19(27)17(12-23)20(28)25(21)15-7-9-16(29-2)10-8-15/h3-10,23H,11H2,1-2H3,(H,24,26). The number of hydrogen-bond donors (Lipinski definition) is 2. The van der Waals surface area contributed by atoms with Gasteiger partial charge in [-0.15, -0.1) is 0 Å². The van der Waals surface area contributed by atoms with E-state index < -0.39 is 23.1 Å². The Kier molecular flexibility index (Phi) is 5.68. The second-order valence-electron chi connectivity index (χ2n) is 6.67. The first kappa shape index (κ1) is 20.5. The second-order valence-corrected chi connectivity index (χ2v) is 7.59. The topological polar surface area (TPSA) is 99.6 Å². The Morgan fingerprint density at radius 3 is 2.34 bits per heavy atom. The van der Waals surface area contributed by atoms with E-state index >= 15 is 0 Å². The molecule has 1 heterocycles. The lowest BCUT2D eigenvalue weighted by Crippen LogP contribution is -2.49. The molecule has 0 saturated carbocycles. The van der Waals surface area contributed by atoms with Gasteiger partial charge in [0, 0.05) is 15.8 Å². The van der Waals surface area contributed by atoms with Crippen LogP contribution in [0.1, 0.15) is 13.3 Å². The van der Waals surface area contributed by atoms with Gasteiger partial charge in [0.2, 0.25) is 11.7 Å². The first-order valence-electron chi connectivity index (χ1n) is 8.68. The van der Waals surface area contributed by atoms with Crippen LogP contribution in [-0.2, 0) is 14.4 Å². The number of ketones is 1. The van der Waals surface area contributed by atoms with E-state index in [0.29, 0.717) is 17.1 Å². The summed E-state index contributed by atoms with van der Waals surface area (Å²) in [7, 11) is 1.52. The van der Waals surface area contributed by atoms with Crippen LogP contribution in [0.2, 0.25) is 0 Å². The van der Waals surface area contributed by atoms with Crippen LogP contribution < -0.4 is 15.0 Å². The molecule has 0 aromatic heterocycles. The summed E-state index contributed by atoms with van der Waals surface area (Å²) in [5.74, 6) is 0.822. The zero-order chi connectivity index (χ0) is 21.2. The number of nitrogens with zero attached hydrogens (tertiary/aromatic N) is 1. The van der Waals surface area contributed by atoms with Gasteiger partial charge in [-0.25, -0.2) is 0 Å². The van der Waals surface area contributed by atoms with Gasteiger partial charge in [-0.1, -0.05) is 15.9 Å². The maximum atomic E-state index is 12.9. The van der Waals surface area contributed by atoms with Gasteiger partial charge in [0.15, 0.2) is 0 Å². The van der Waals surface area contributed by atoms with Crippen molar-refractivity contribution >= 4 is 50.8 Å². The highest BCUT2D eigenvalue weighted by Gasteiger charge is 2.54. The minimum Gasteiger partial charge on any atom is -0.497 e. The molecule has 2 aromatic rings. The molecule has 0 radical (unpaired) electrons. The predicted molar refractivity (Wildman–Crippen MR) is 113 cm³/mol. The van der Waals surface area contributed by atoms with E-state index in [1.807, 2.05) is 5.87 Å². The van der Waals surface area contributed by atoms with Crippen molar-refractivity contribution in [3.05, 3.63) is 58.6 Å². The average molecular weight is 456 g/mol. The summed E-state index contributed by atoms with van der Waals surface area (Å²) in [5, 5.41) is 10.1. The summed E-state index contributed by atoms with van der Waals surface area (Å²) in [6.45, 7) is 1.52. The van der Waals surface area contributed by atoms with Crippen molar-refractivity contribution in [1.82, 2.24) is 0 Å². The van der Waals surface area contributed by atoms with Gasteiger partial charge in [-0.2, -0.15) is 0 Å². The SMILES string of the molecule is COc1ccc(N2C(=O)C(=C=N)C(=O)C2(C)CC(=O)Nc2ccc(Br)cc2)cc1. The van der Waals surface area contributed by atoms with Crippen molar-refractivity contribution in [2.24, 2.45) is 0 Å². The Hall–Kier alpha value is -3.22. The third-order valence-corrected chi connectivity index (χ3v) is 5.24. The Morgan fingerprint density at radius 1 is 1.17 bits per heavy atom. The maximum absolute atomic E-state index is 12.9. The molecule has 1 unspecified atom stereocenters. The Bertz CT molecular complexity index is 1030. The van der Waals surface area contributed by atoms with E-state index in [4.69, 9.17) is 10.1 Å². The molecular weight excluding hydrogens is 438 g/mol. The number of rotatable bonds is 5. The van der Waals surface area contributed by atoms with Gasteiger partial charge in [-0.3, -0.25) is 24.7 Å². The zero-order valence-electron chi connectivity index (χ0n) is 15.8. The number of carbonyl (C=O) groups is 3. The van der Waals surface area contributed by atoms with Crippen molar-refractivity contribution in [2.45, 2.75) is 18.9 Å². The van der Waals surface area contributed by atoms with Gasteiger partial charge < -0.3 is 10.1 Å². The van der Waals surface area contributed by atoms with Crippen LogP contribution >= 0.6 is 15.9 Å². The van der Waals surface area contributed by atoms with Gasteiger partial charge in [0.1, 0.15) is 16.9 Å². The van der Waals surface area contributed by atoms with Gasteiger partial charge in [0.25, 0.3) is 5.91 Å². The highest BCUT2D eigenvalue weighted by atomic mass is 79.9. The molecule has 0 spiro atoms. The van der Waals surface area contributed by atoms with Crippen molar-refractivity contribution in [1.29, 1.82) is 5.41 Å². The van der Waals surface area contributed by atoms with Crippen LogP contribution in [0.25, 0.3) is 0 Å². The molecule has 1 aliphatic heterocycles. The fourth-order valence-electron chi connectivity index (χ4n) is 3.26. The molecule has 1 saturated heterocycles. The van der Waals surface area contributed by atoms with Gasteiger partial charge in [-0.05, 0) is 61.3 Å². The molecule has 1 atom stereocenters. The van der Waals surface area contributed by atoms with Crippen LogP contribution in [0.15, 0.2) is 58.6 Å². The number of Topliss-reactive ketones (excluding diaryl/α,β-unsaturated/α-hetero) is 1. The second kappa shape index (κ2) is 8.03. The Morgan fingerprint density at radius 2 is 1.79 bits per heavy atom. The number of benzene rings is 2. The van der Waals surface area contributed by atoms with Crippen LogP contribution in [0.4, 0.5) is 11.4 Å².